The molecule has 106 valence electrons. The van der Waals surface area contributed by atoms with Crippen LogP contribution < -0.4 is 5.73 Å². The Morgan fingerprint density at radius 1 is 1.39 bits per heavy atom. The number of hydrogen-bond acceptors (Lipinski definition) is 4. The zero-order chi connectivity index (χ0) is 12.3. The summed E-state index contributed by atoms with van der Waals surface area (Å²) in [7, 11) is 0. The van der Waals surface area contributed by atoms with Gasteiger partial charge in [0.1, 0.15) is 0 Å². The Morgan fingerprint density at radius 3 is 2.67 bits per heavy atom. The van der Waals surface area contributed by atoms with Crippen LogP contribution in [0.4, 0.5) is 0 Å². The lowest BCUT2D eigenvalue weighted by atomic mass is 9.81. The molecular weight excluding hydrogens is 256 g/mol. The van der Waals surface area contributed by atoms with Gasteiger partial charge in [-0.25, -0.2) is 0 Å². The van der Waals surface area contributed by atoms with Crippen molar-refractivity contribution in [2.75, 3.05) is 26.3 Å². The summed E-state index contributed by atoms with van der Waals surface area (Å²) in [5.74, 6) is 0.0407. The number of morpholine rings is 1. The molecule has 6 heteroatoms. The van der Waals surface area contributed by atoms with Gasteiger partial charge in [-0.2, -0.15) is 0 Å². The van der Waals surface area contributed by atoms with Gasteiger partial charge in [-0.1, -0.05) is 19.3 Å². The highest BCUT2D eigenvalue weighted by atomic mass is 35.5. The minimum Gasteiger partial charge on any atom is -0.394 e. The number of carbonyl (C=O) groups is 1. The molecule has 0 aromatic rings. The average molecular weight is 279 g/mol. The maximum absolute atomic E-state index is 12.4. The number of nitrogens with zero attached hydrogens (tertiary/aromatic N) is 1. The van der Waals surface area contributed by atoms with E-state index in [9.17, 15) is 4.79 Å². The third-order valence-corrected chi connectivity index (χ3v) is 3.80. The van der Waals surface area contributed by atoms with E-state index in [-0.39, 0.29) is 31.0 Å². The van der Waals surface area contributed by atoms with Crippen molar-refractivity contribution in [3.05, 3.63) is 0 Å². The molecule has 0 bridgehead atoms. The lowest BCUT2D eigenvalue weighted by Gasteiger charge is -2.40. The van der Waals surface area contributed by atoms with E-state index in [2.05, 4.69) is 0 Å². The molecule has 1 amide bonds. The Labute approximate surface area is 114 Å². The predicted octanol–water partition coefficient (Wildman–Crippen LogP) is 0.289. The number of ether oxygens (including phenoxy) is 1. The lowest BCUT2D eigenvalue weighted by molar-refractivity contribution is -0.147. The number of carbonyl (C=O) groups excluding carboxylic acids is 1. The molecular formula is C12H23ClN2O3. The van der Waals surface area contributed by atoms with Gasteiger partial charge in [-0.05, 0) is 12.8 Å². The quantitative estimate of drug-likeness (QED) is 0.761. The van der Waals surface area contributed by atoms with Crippen molar-refractivity contribution in [3.63, 3.8) is 0 Å². The number of aliphatic hydroxyl groups excluding tert-OH is 1. The number of nitrogens with two attached hydrogens (primary N) is 1. The molecule has 5 nitrogen and oxygen atoms in total. The monoisotopic (exact) mass is 278 g/mol. The van der Waals surface area contributed by atoms with Gasteiger partial charge in [-0.15, -0.1) is 12.4 Å². The van der Waals surface area contributed by atoms with Crippen LogP contribution in [-0.4, -0.2) is 53.9 Å². The van der Waals surface area contributed by atoms with E-state index in [1.165, 1.54) is 6.42 Å². The molecule has 1 aliphatic heterocycles. The third kappa shape index (κ3) is 3.35. The second kappa shape index (κ2) is 6.70. The summed E-state index contributed by atoms with van der Waals surface area (Å²) in [6.07, 6.45) is 4.57. The van der Waals surface area contributed by atoms with Crippen LogP contribution >= 0.6 is 12.4 Å². The summed E-state index contributed by atoms with van der Waals surface area (Å²) in [6, 6.07) is 0. The molecule has 3 N–H and O–H groups in total. The van der Waals surface area contributed by atoms with Crippen molar-refractivity contribution in [3.8, 4) is 0 Å². The third-order valence-electron chi connectivity index (χ3n) is 3.80. The summed E-state index contributed by atoms with van der Waals surface area (Å²) < 4.78 is 5.34. The van der Waals surface area contributed by atoms with E-state index in [0.29, 0.717) is 19.7 Å². The minimum atomic E-state index is -0.671. The Hall–Kier alpha value is -0.360. The minimum absolute atomic E-state index is 0. The van der Waals surface area contributed by atoms with Crippen LogP contribution in [0.25, 0.3) is 0 Å². The van der Waals surface area contributed by atoms with Crippen LogP contribution in [0.3, 0.4) is 0 Å². The first-order valence-corrected chi connectivity index (χ1v) is 6.46. The van der Waals surface area contributed by atoms with Gasteiger partial charge >= 0.3 is 0 Å². The van der Waals surface area contributed by atoms with Crippen LogP contribution in [0.5, 0.6) is 0 Å². The first kappa shape index (κ1) is 15.7. The van der Waals surface area contributed by atoms with Gasteiger partial charge in [-0.3, -0.25) is 4.79 Å². The number of rotatable bonds is 2. The zero-order valence-electron chi connectivity index (χ0n) is 10.6. The number of aliphatic hydroxyl groups is 1. The van der Waals surface area contributed by atoms with E-state index >= 15 is 0 Å². The molecule has 2 aliphatic rings. The van der Waals surface area contributed by atoms with Crippen molar-refractivity contribution in [2.24, 2.45) is 5.73 Å². The van der Waals surface area contributed by atoms with Gasteiger partial charge in [0.2, 0.25) is 5.91 Å². The molecule has 0 radical (unpaired) electrons. The van der Waals surface area contributed by atoms with E-state index in [1.807, 2.05) is 0 Å². The molecule has 1 saturated carbocycles. The Balaban J connectivity index is 0.00000162. The number of hydrogen-bond donors (Lipinski definition) is 2. The second-order valence-corrected chi connectivity index (χ2v) is 5.14. The summed E-state index contributed by atoms with van der Waals surface area (Å²) in [5.41, 5.74) is 5.55. The molecule has 1 saturated heterocycles. The Morgan fingerprint density at radius 2 is 2.06 bits per heavy atom. The number of halogens is 1. The highest BCUT2D eigenvalue weighted by molar-refractivity contribution is 5.86. The summed E-state index contributed by atoms with van der Waals surface area (Å²) >= 11 is 0. The van der Waals surface area contributed by atoms with Gasteiger partial charge in [0, 0.05) is 13.1 Å². The molecule has 1 heterocycles. The first-order valence-electron chi connectivity index (χ1n) is 6.46. The zero-order valence-corrected chi connectivity index (χ0v) is 11.5. The molecule has 0 aromatic heterocycles. The van der Waals surface area contributed by atoms with Gasteiger partial charge in [0.15, 0.2) is 0 Å². The van der Waals surface area contributed by atoms with Gasteiger partial charge < -0.3 is 20.5 Å². The average Bonchev–Trinajstić information content (AvgIpc) is 2.39. The molecule has 0 aromatic carbocycles. The standard InChI is InChI=1S/C12H22N2O3.ClH/c13-12(4-2-1-3-5-12)11(16)14-6-7-17-10(8-14)9-15;/h10,15H,1-9,13H2;1H. The van der Waals surface area contributed by atoms with Crippen molar-refractivity contribution >= 4 is 18.3 Å². The fourth-order valence-electron chi connectivity index (χ4n) is 2.73. The molecule has 1 atom stereocenters. The maximum atomic E-state index is 12.4. The SMILES string of the molecule is Cl.NC1(C(=O)N2CCOC(CO)C2)CCCCC1. The normalized spacial score (nSPS) is 27.4. The molecule has 18 heavy (non-hydrogen) atoms. The van der Waals surface area contributed by atoms with Crippen LogP contribution in [0.15, 0.2) is 0 Å². The molecule has 1 unspecified atom stereocenters. The van der Waals surface area contributed by atoms with E-state index in [1.54, 1.807) is 4.90 Å². The topological polar surface area (TPSA) is 75.8 Å². The fraction of sp³-hybridized carbons (Fsp3) is 0.917. The van der Waals surface area contributed by atoms with E-state index in [4.69, 9.17) is 15.6 Å². The van der Waals surface area contributed by atoms with Crippen LogP contribution in [0, 0.1) is 0 Å². The Kier molecular flexibility index (Phi) is 5.85. The van der Waals surface area contributed by atoms with E-state index in [0.717, 1.165) is 25.7 Å². The molecule has 2 fully saturated rings. The van der Waals surface area contributed by atoms with Crippen LogP contribution in [-0.2, 0) is 9.53 Å². The highest BCUT2D eigenvalue weighted by Gasteiger charge is 2.39. The highest BCUT2D eigenvalue weighted by Crippen LogP contribution is 2.28. The Bertz CT molecular complexity index is 282. The van der Waals surface area contributed by atoms with Crippen LogP contribution in [0.2, 0.25) is 0 Å². The fourth-order valence-corrected chi connectivity index (χ4v) is 2.73. The van der Waals surface area contributed by atoms with Gasteiger partial charge in [0.05, 0.1) is 24.9 Å². The second-order valence-electron chi connectivity index (χ2n) is 5.14. The first-order chi connectivity index (χ1) is 8.15. The smallest absolute Gasteiger partial charge is 0.242 e. The summed E-state index contributed by atoms with van der Waals surface area (Å²) in [4.78, 5) is 14.2. The van der Waals surface area contributed by atoms with Crippen molar-refractivity contribution in [1.29, 1.82) is 0 Å². The largest absolute Gasteiger partial charge is 0.394 e. The predicted molar refractivity (Wildman–Crippen MR) is 70.7 cm³/mol. The lowest BCUT2D eigenvalue weighted by Crippen LogP contribution is -2.59. The van der Waals surface area contributed by atoms with E-state index < -0.39 is 5.54 Å². The van der Waals surface area contributed by atoms with Gasteiger partial charge in [0.25, 0.3) is 0 Å². The number of amides is 1. The van der Waals surface area contributed by atoms with Crippen molar-refractivity contribution in [2.45, 2.75) is 43.7 Å². The van der Waals surface area contributed by atoms with Crippen molar-refractivity contribution < 1.29 is 14.6 Å². The van der Waals surface area contributed by atoms with Crippen LogP contribution in [0.1, 0.15) is 32.1 Å². The maximum Gasteiger partial charge on any atom is 0.242 e. The molecule has 1 aliphatic carbocycles. The summed E-state index contributed by atoms with van der Waals surface area (Å²) in [6.45, 7) is 1.51. The molecule has 2 rings (SSSR count). The summed E-state index contributed by atoms with van der Waals surface area (Å²) in [5, 5.41) is 9.07. The van der Waals surface area contributed by atoms with Crippen molar-refractivity contribution in [1.82, 2.24) is 4.90 Å². The molecule has 0 spiro atoms.